The van der Waals surface area contributed by atoms with Gasteiger partial charge in [-0.05, 0) is 44.0 Å². The molecule has 5 nitrogen and oxygen atoms in total. The van der Waals surface area contributed by atoms with Crippen molar-refractivity contribution in [1.82, 2.24) is 5.32 Å². The van der Waals surface area contributed by atoms with Gasteiger partial charge >= 0.3 is 0 Å². The largest absolute Gasteiger partial charge is 0.491 e. The third kappa shape index (κ3) is 4.95. The van der Waals surface area contributed by atoms with E-state index in [0.29, 0.717) is 25.1 Å². The molecule has 1 aromatic rings. The van der Waals surface area contributed by atoms with Gasteiger partial charge in [0.15, 0.2) is 0 Å². The number of aliphatic hydroxyl groups is 3. The Hall–Kier alpha value is -1.14. The SMILES string of the molecule is CC(C)(C)NC[C@H](O)COc1ccc2c(c1)C[C@H](O)[C@H](O)C2. The molecule has 1 aliphatic rings. The van der Waals surface area contributed by atoms with Gasteiger partial charge in [0, 0.05) is 24.9 Å². The Labute approximate surface area is 131 Å². The van der Waals surface area contributed by atoms with Gasteiger partial charge < -0.3 is 25.4 Å². The predicted octanol–water partition coefficient (Wildman–Crippen LogP) is 0.635. The average molecular weight is 309 g/mol. The predicted molar refractivity (Wildman–Crippen MR) is 85.1 cm³/mol. The minimum absolute atomic E-state index is 0.0379. The topological polar surface area (TPSA) is 82.0 Å². The number of hydrogen-bond donors (Lipinski definition) is 4. The van der Waals surface area contributed by atoms with E-state index in [2.05, 4.69) is 5.32 Å². The van der Waals surface area contributed by atoms with Crippen molar-refractivity contribution in [3.05, 3.63) is 29.3 Å². The van der Waals surface area contributed by atoms with Crippen molar-refractivity contribution >= 4 is 0 Å². The van der Waals surface area contributed by atoms with Crippen molar-refractivity contribution in [2.75, 3.05) is 13.2 Å². The molecule has 0 heterocycles. The van der Waals surface area contributed by atoms with Crippen LogP contribution in [0.2, 0.25) is 0 Å². The van der Waals surface area contributed by atoms with Gasteiger partial charge in [-0.2, -0.15) is 0 Å². The van der Waals surface area contributed by atoms with Crippen molar-refractivity contribution in [2.45, 2.75) is 57.5 Å². The number of ether oxygens (including phenoxy) is 1. The smallest absolute Gasteiger partial charge is 0.119 e. The maximum absolute atomic E-state index is 9.93. The van der Waals surface area contributed by atoms with Gasteiger partial charge in [-0.1, -0.05) is 6.07 Å². The van der Waals surface area contributed by atoms with E-state index in [1.54, 1.807) is 0 Å². The van der Waals surface area contributed by atoms with Gasteiger partial charge in [0.05, 0.1) is 12.2 Å². The van der Waals surface area contributed by atoms with Crippen LogP contribution in [-0.2, 0) is 12.8 Å². The lowest BCUT2D eigenvalue weighted by atomic mass is 9.88. The van der Waals surface area contributed by atoms with Crippen LogP contribution in [0.5, 0.6) is 5.75 Å². The highest BCUT2D eigenvalue weighted by Gasteiger charge is 2.25. The van der Waals surface area contributed by atoms with E-state index in [4.69, 9.17) is 4.74 Å². The molecule has 0 saturated carbocycles. The van der Waals surface area contributed by atoms with Crippen molar-refractivity contribution in [1.29, 1.82) is 0 Å². The number of aliphatic hydroxyl groups excluding tert-OH is 3. The van der Waals surface area contributed by atoms with Crippen LogP contribution in [-0.4, -0.2) is 52.3 Å². The molecule has 0 radical (unpaired) electrons. The van der Waals surface area contributed by atoms with E-state index in [0.717, 1.165) is 11.1 Å². The molecule has 1 aromatic carbocycles. The second-order valence-electron chi connectivity index (χ2n) is 7.07. The van der Waals surface area contributed by atoms with E-state index in [1.807, 2.05) is 39.0 Å². The highest BCUT2D eigenvalue weighted by Crippen LogP contribution is 2.26. The Bertz CT molecular complexity index is 498. The lowest BCUT2D eigenvalue weighted by molar-refractivity contribution is 0.0140. The molecule has 0 unspecified atom stereocenters. The maximum Gasteiger partial charge on any atom is 0.119 e. The van der Waals surface area contributed by atoms with Crippen LogP contribution in [0.3, 0.4) is 0 Å². The second kappa shape index (κ2) is 6.96. The molecule has 0 bridgehead atoms. The van der Waals surface area contributed by atoms with Gasteiger partial charge in [-0.3, -0.25) is 0 Å². The quantitative estimate of drug-likeness (QED) is 0.641. The van der Waals surface area contributed by atoms with Gasteiger partial charge in [-0.25, -0.2) is 0 Å². The molecule has 0 aliphatic heterocycles. The molecule has 0 aromatic heterocycles. The highest BCUT2D eigenvalue weighted by atomic mass is 16.5. The highest BCUT2D eigenvalue weighted by molar-refractivity contribution is 5.38. The first-order chi connectivity index (χ1) is 10.2. The molecule has 4 N–H and O–H groups in total. The minimum Gasteiger partial charge on any atom is -0.491 e. The standard InChI is InChI=1S/C17H27NO4/c1-17(2,3)18-9-13(19)10-22-14-5-4-11-7-15(20)16(21)8-12(11)6-14/h4-6,13,15-16,18-21H,7-10H2,1-3H3/t13-,15+,16-/m0/s1. The van der Waals surface area contributed by atoms with Gasteiger partial charge in [0.2, 0.25) is 0 Å². The summed E-state index contributed by atoms with van der Waals surface area (Å²) in [7, 11) is 0. The van der Waals surface area contributed by atoms with Crippen molar-refractivity contribution < 1.29 is 20.1 Å². The Morgan fingerprint density at radius 3 is 2.45 bits per heavy atom. The fourth-order valence-electron chi connectivity index (χ4n) is 2.48. The fraction of sp³-hybridized carbons (Fsp3) is 0.647. The molecule has 3 atom stereocenters. The van der Waals surface area contributed by atoms with E-state index in [9.17, 15) is 15.3 Å². The number of β-amino-alcohol motifs (C(OH)–C–C–N with tert-alkyl or cyclic N) is 1. The summed E-state index contributed by atoms with van der Waals surface area (Å²) in [6, 6.07) is 5.64. The molecule has 5 heteroatoms. The third-order valence-corrected chi connectivity index (χ3v) is 3.79. The van der Waals surface area contributed by atoms with Crippen LogP contribution in [0.25, 0.3) is 0 Å². The molecule has 22 heavy (non-hydrogen) atoms. The Balaban J connectivity index is 1.88. The summed E-state index contributed by atoms with van der Waals surface area (Å²) in [5.41, 5.74) is 2.00. The molecule has 0 amide bonds. The van der Waals surface area contributed by atoms with Gasteiger partial charge in [0.25, 0.3) is 0 Å². The zero-order chi connectivity index (χ0) is 16.3. The Morgan fingerprint density at radius 1 is 1.18 bits per heavy atom. The molecule has 0 spiro atoms. The Morgan fingerprint density at radius 2 is 1.82 bits per heavy atom. The Kier molecular flexibility index (Phi) is 5.45. The first-order valence-electron chi connectivity index (χ1n) is 7.78. The number of hydrogen-bond acceptors (Lipinski definition) is 5. The lowest BCUT2D eigenvalue weighted by Crippen LogP contribution is -2.42. The van der Waals surface area contributed by atoms with Gasteiger partial charge in [-0.15, -0.1) is 0 Å². The summed E-state index contributed by atoms with van der Waals surface area (Å²) in [6.07, 6.45) is -1.09. The molecular formula is C17H27NO4. The summed E-state index contributed by atoms with van der Waals surface area (Å²) in [6.45, 7) is 6.82. The zero-order valence-corrected chi connectivity index (χ0v) is 13.5. The first kappa shape index (κ1) is 17.2. The van der Waals surface area contributed by atoms with Crippen LogP contribution in [0, 0.1) is 0 Å². The van der Waals surface area contributed by atoms with Crippen LogP contribution in [0.4, 0.5) is 0 Å². The number of rotatable bonds is 5. The molecule has 2 rings (SSSR count). The molecule has 124 valence electrons. The van der Waals surface area contributed by atoms with Crippen molar-refractivity contribution in [3.63, 3.8) is 0 Å². The second-order valence-corrected chi connectivity index (χ2v) is 7.07. The van der Waals surface area contributed by atoms with Crippen LogP contribution in [0.1, 0.15) is 31.9 Å². The fourth-order valence-corrected chi connectivity index (χ4v) is 2.48. The summed E-state index contributed by atoms with van der Waals surface area (Å²) < 4.78 is 5.63. The lowest BCUT2D eigenvalue weighted by Gasteiger charge is -2.26. The number of fused-ring (bicyclic) bond motifs is 1. The van der Waals surface area contributed by atoms with Crippen LogP contribution >= 0.6 is 0 Å². The normalized spacial score (nSPS) is 23.0. The molecule has 0 fully saturated rings. The average Bonchev–Trinajstić information content (AvgIpc) is 2.43. The van der Waals surface area contributed by atoms with E-state index in [1.165, 1.54) is 0 Å². The van der Waals surface area contributed by atoms with Crippen molar-refractivity contribution in [3.8, 4) is 5.75 Å². The summed E-state index contributed by atoms with van der Waals surface area (Å²) in [5, 5.41) is 32.6. The first-order valence-corrected chi connectivity index (χ1v) is 7.78. The van der Waals surface area contributed by atoms with E-state index >= 15 is 0 Å². The third-order valence-electron chi connectivity index (χ3n) is 3.79. The summed E-state index contributed by atoms with van der Waals surface area (Å²) >= 11 is 0. The van der Waals surface area contributed by atoms with Crippen molar-refractivity contribution in [2.24, 2.45) is 0 Å². The number of nitrogens with one attached hydrogen (secondary N) is 1. The molecular weight excluding hydrogens is 282 g/mol. The summed E-state index contributed by atoms with van der Waals surface area (Å²) in [4.78, 5) is 0. The molecule has 1 aliphatic carbocycles. The van der Waals surface area contributed by atoms with Crippen LogP contribution < -0.4 is 10.1 Å². The van der Waals surface area contributed by atoms with E-state index in [-0.39, 0.29) is 12.1 Å². The van der Waals surface area contributed by atoms with Gasteiger partial charge in [0.1, 0.15) is 18.5 Å². The maximum atomic E-state index is 9.93. The molecule has 0 saturated heterocycles. The zero-order valence-electron chi connectivity index (χ0n) is 13.5. The minimum atomic E-state index is -0.718. The monoisotopic (exact) mass is 309 g/mol. The summed E-state index contributed by atoms with van der Waals surface area (Å²) in [5.74, 6) is 0.678. The van der Waals surface area contributed by atoms with Crippen LogP contribution in [0.15, 0.2) is 18.2 Å². The van der Waals surface area contributed by atoms with E-state index < -0.39 is 18.3 Å². The number of benzene rings is 1.